The number of nitrogens with zero attached hydrogens (tertiary/aromatic N) is 8. The first-order valence-corrected chi connectivity index (χ1v) is 9.27. The lowest BCUT2D eigenvalue weighted by Gasteiger charge is -2.09. The Hall–Kier alpha value is -4.08. The molecule has 5 rings (SSSR count). The van der Waals surface area contributed by atoms with Crippen LogP contribution in [0.2, 0.25) is 0 Å². The van der Waals surface area contributed by atoms with E-state index in [1.165, 1.54) is 0 Å². The van der Waals surface area contributed by atoms with Gasteiger partial charge in [0.25, 0.3) is 0 Å². The minimum absolute atomic E-state index is 0.243. The number of nitrogens with one attached hydrogen (secondary N) is 1. The number of hydrogen-bond acceptors (Lipinski definition) is 6. The van der Waals surface area contributed by atoms with Crippen molar-refractivity contribution in [1.29, 1.82) is 0 Å². The normalized spacial score (nSPS) is 11.3. The monoisotopic (exact) mass is 403 g/mol. The highest BCUT2D eigenvalue weighted by atomic mass is 19.1. The van der Waals surface area contributed by atoms with Crippen LogP contribution in [0.3, 0.4) is 0 Å². The van der Waals surface area contributed by atoms with Gasteiger partial charge in [0.1, 0.15) is 5.82 Å². The second-order valence-electron chi connectivity index (χ2n) is 6.98. The second-order valence-corrected chi connectivity index (χ2v) is 6.98. The second kappa shape index (κ2) is 7.07. The number of aryl methyl sites for hydroxylation is 2. The summed E-state index contributed by atoms with van der Waals surface area (Å²) in [5.41, 5.74) is 3.14. The maximum Gasteiger partial charge on any atom is 0.229 e. The van der Waals surface area contributed by atoms with Crippen molar-refractivity contribution in [3.8, 4) is 11.1 Å². The van der Waals surface area contributed by atoms with Crippen molar-refractivity contribution in [2.24, 2.45) is 14.1 Å². The molecule has 4 heterocycles. The lowest BCUT2D eigenvalue weighted by Crippen LogP contribution is -2.06. The van der Waals surface area contributed by atoms with Gasteiger partial charge in [-0.15, -0.1) is 0 Å². The Morgan fingerprint density at radius 3 is 2.57 bits per heavy atom. The molecule has 1 N–H and O–H groups in total. The molecule has 0 fully saturated rings. The number of halogens is 1. The van der Waals surface area contributed by atoms with E-state index >= 15 is 4.39 Å². The van der Waals surface area contributed by atoms with E-state index < -0.39 is 0 Å². The summed E-state index contributed by atoms with van der Waals surface area (Å²) in [5.74, 6) is 0.124. The van der Waals surface area contributed by atoms with E-state index in [0.717, 1.165) is 16.6 Å². The van der Waals surface area contributed by atoms with E-state index in [2.05, 4.69) is 30.6 Å². The van der Waals surface area contributed by atoms with Crippen molar-refractivity contribution < 1.29 is 4.39 Å². The average molecular weight is 403 g/mol. The molecule has 5 aromatic rings. The van der Waals surface area contributed by atoms with Crippen molar-refractivity contribution in [2.75, 3.05) is 5.32 Å². The molecule has 0 aliphatic carbocycles. The predicted octanol–water partition coefficient (Wildman–Crippen LogP) is 2.89. The van der Waals surface area contributed by atoms with E-state index in [1.807, 2.05) is 19.3 Å². The van der Waals surface area contributed by atoms with E-state index in [4.69, 9.17) is 0 Å². The van der Waals surface area contributed by atoms with E-state index in [-0.39, 0.29) is 12.4 Å². The number of fused-ring (bicyclic) bond motifs is 1. The smallest absolute Gasteiger partial charge is 0.229 e. The van der Waals surface area contributed by atoms with Crippen LogP contribution in [0.4, 0.5) is 16.0 Å². The Bertz CT molecular complexity index is 1350. The third-order valence-corrected chi connectivity index (χ3v) is 4.75. The summed E-state index contributed by atoms with van der Waals surface area (Å²) in [4.78, 5) is 8.86. The first-order chi connectivity index (χ1) is 14.6. The largest absolute Gasteiger partial charge is 0.321 e. The number of benzene rings is 1. The molecular formula is C20H18FN9. The SMILES string of the molecule is Cn1cc(Nc2ncc3cnn(Cc4cccc(-c5cnn(C)c5)c4F)c3n2)cn1. The summed E-state index contributed by atoms with van der Waals surface area (Å²) in [5, 5.41) is 16.5. The van der Waals surface area contributed by atoms with Gasteiger partial charge in [-0.25, -0.2) is 14.1 Å². The van der Waals surface area contributed by atoms with Gasteiger partial charge in [-0.05, 0) is 0 Å². The molecule has 0 aliphatic rings. The first kappa shape index (κ1) is 18.0. The summed E-state index contributed by atoms with van der Waals surface area (Å²) < 4.78 is 20.2. The molecule has 0 spiro atoms. The maximum absolute atomic E-state index is 15.2. The van der Waals surface area contributed by atoms with Gasteiger partial charge in [-0.1, -0.05) is 18.2 Å². The molecule has 0 bridgehead atoms. The summed E-state index contributed by atoms with van der Waals surface area (Å²) in [6, 6.07) is 5.32. The highest BCUT2D eigenvalue weighted by molar-refractivity contribution is 5.75. The Kier molecular flexibility index (Phi) is 4.24. The molecular weight excluding hydrogens is 385 g/mol. The fraction of sp³-hybridized carbons (Fsp3) is 0.150. The van der Waals surface area contributed by atoms with Crippen molar-refractivity contribution in [3.05, 3.63) is 66.8 Å². The van der Waals surface area contributed by atoms with Gasteiger partial charge in [0.15, 0.2) is 5.65 Å². The molecule has 0 atom stereocenters. The average Bonchev–Trinajstić information content (AvgIpc) is 3.44. The molecule has 0 saturated carbocycles. The van der Waals surface area contributed by atoms with Crippen LogP contribution >= 0.6 is 0 Å². The zero-order valence-electron chi connectivity index (χ0n) is 16.4. The molecule has 10 heteroatoms. The molecule has 0 radical (unpaired) electrons. The van der Waals surface area contributed by atoms with Crippen molar-refractivity contribution in [3.63, 3.8) is 0 Å². The van der Waals surface area contributed by atoms with Crippen LogP contribution in [0.1, 0.15) is 5.56 Å². The number of rotatable bonds is 5. The quantitative estimate of drug-likeness (QED) is 0.485. The standard InChI is InChI=1S/C20H18FN9/c1-28-10-15(8-23-28)17-5-3-4-13(18(17)21)11-30-19-14(7-25-30)6-22-20(27-19)26-16-9-24-29(2)12-16/h3-10,12H,11H2,1-2H3,(H,22,26,27). The zero-order valence-corrected chi connectivity index (χ0v) is 16.4. The van der Waals surface area contributed by atoms with Crippen LogP contribution < -0.4 is 5.32 Å². The van der Waals surface area contributed by atoms with Crippen molar-refractivity contribution >= 4 is 22.7 Å². The fourth-order valence-corrected chi connectivity index (χ4v) is 3.30. The zero-order chi connectivity index (χ0) is 20.7. The number of aromatic nitrogens is 8. The summed E-state index contributed by atoms with van der Waals surface area (Å²) >= 11 is 0. The lowest BCUT2D eigenvalue weighted by molar-refractivity contribution is 0.592. The highest BCUT2D eigenvalue weighted by Crippen LogP contribution is 2.25. The van der Waals surface area contributed by atoms with Crippen LogP contribution in [-0.4, -0.2) is 39.3 Å². The van der Waals surface area contributed by atoms with E-state index in [9.17, 15) is 0 Å². The summed E-state index contributed by atoms with van der Waals surface area (Å²) in [7, 11) is 3.64. The molecule has 4 aromatic heterocycles. The van der Waals surface area contributed by atoms with Gasteiger partial charge in [-0.2, -0.15) is 20.3 Å². The van der Waals surface area contributed by atoms with Crippen LogP contribution in [0.15, 0.2) is 55.4 Å². The van der Waals surface area contributed by atoms with Gasteiger partial charge >= 0.3 is 0 Å². The van der Waals surface area contributed by atoms with E-state index in [1.54, 1.807) is 64.2 Å². The molecule has 0 saturated heterocycles. The maximum atomic E-state index is 15.2. The predicted molar refractivity (Wildman–Crippen MR) is 110 cm³/mol. The van der Waals surface area contributed by atoms with Crippen LogP contribution in [0.25, 0.3) is 22.2 Å². The Morgan fingerprint density at radius 2 is 1.80 bits per heavy atom. The van der Waals surface area contributed by atoms with Gasteiger partial charge < -0.3 is 5.32 Å². The highest BCUT2D eigenvalue weighted by Gasteiger charge is 2.14. The minimum atomic E-state index is -0.295. The number of hydrogen-bond donors (Lipinski definition) is 1. The first-order valence-electron chi connectivity index (χ1n) is 9.27. The molecule has 0 unspecified atom stereocenters. The Morgan fingerprint density at radius 1 is 0.967 bits per heavy atom. The summed E-state index contributed by atoms with van der Waals surface area (Å²) in [6.07, 6.45) is 10.3. The Balaban J connectivity index is 1.47. The van der Waals surface area contributed by atoms with Gasteiger partial charge in [0, 0.05) is 49.4 Å². The fourth-order valence-electron chi connectivity index (χ4n) is 3.30. The van der Waals surface area contributed by atoms with E-state index in [0.29, 0.717) is 22.7 Å². The van der Waals surface area contributed by atoms with Crippen molar-refractivity contribution in [1.82, 2.24) is 39.3 Å². The molecule has 9 nitrogen and oxygen atoms in total. The van der Waals surface area contributed by atoms with Gasteiger partial charge in [0.05, 0.1) is 36.2 Å². The third-order valence-electron chi connectivity index (χ3n) is 4.75. The third kappa shape index (κ3) is 3.28. The minimum Gasteiger partial charge on any atom is -0.321 e. The van der Waals surface area contributed by atoms with Crippen LogP contribution in [0.5, 0.6) is 0 Å². The molecule has 150 valence electrons. The van der Waals surface area contributed by atoms with Gasteiger partial charge in [-0.3, -0.25) is 9.36 Å². The molecule has 30 heavy (non-hydrogen) atoms. The van der Waals surface area contributed by atoms with Gasteiger partial charge in [0.2, 0.25) is 5.95 Å². The molecule has 0 aliphatic heterocycles. The summed E-state index contributed by atoms with van der Waals surface area (Å²) in [6.45, 7) is 0.243. The van der Waals surface area contributed by atoms with Crippen LogP contribution in [-0.2, 0) is 20.6 Å². The topological polar surface area (TPSA) is 91.3 Å². The van der Waals surface area contributed by atoms with Crippen molar-refractivity contribution in [2.45, 2.75) is 6.54 Å². The van der Waals surface area contributed by atoms with Crippen LogP contribution in [0, 0.1) is 5.82 Å². The Labute approximate surface area is 170 Å². The number of anilines is 2. The molecule has 0 amide bonds. The molecule has 1 aromatic carbocycles. The lowest BCUT2D eigenvalue weighted by atomic mass is 10.1.